The van der Waals surface area contributed by atoms with E-state index in [1.165, 1.54) is 6.33 Å². The van der Waals surface area contributed by atoms with E-state index in [9.17, 15) is 0 Å². The molecule has 0 unspecified atom stereocenters. The quantitative estimate of drug-likeness (QED) is 0.291. The van der Waals surface area contributed by atoms with Gasteiger partial charge in [-0.15, -0.1) is 24.0 Å². The molecule has 1 aliphatic heterocycles. The van der Waals surface area contributed by atoms with Crippen LogP contribution < -0.4 is 15.0 Å². The van der Waals surface area contributed by atoms with Gasteiger partial charge < -0.3 is 19.9 Å². The van der Waals surface area contributed by atoms with Crippen molar-refractivity contribution in [3.05, 3.63) is 66.7 Å². The van der Waals surface area contributed by atoms with Crippen molar-refractivity contribution in [1.29, 1.82) is 0 Å². The van der Waals surface area contributed by atoms with Crippen molar-refractivity contribution < 1.29 is 4.74 Å². The second-order valence-electron chi connectivity index (χ2n) is 7.32. The first-order valence-corrected chi connectivity index (χ1v) is 10.6. The second-order valence-corrected chi connectivity index (χ2v) is 7.32. The zero-order valence-electron chi connectivity index (χ0n) is 18.5. The maximum absolute atomic E-state index is 5.53. The molecule has 0 spiro atoms. The number of methoxy groups -OCH3 is 1. The summed E-state index contributed by atoms with van der Waals surface area (Å²) in [5.41, 5.74) is 3.30. The molecule has 3 aromatic rings. The Balaban J connectivity index is 0.00000289. The number of guanidine groups is 1. The zero-order chi connectivity index (χ0) is 21.5. The number of nitrogens with one attached hydrogen (secondary N) is 1. The number of benzene rings is 2. The van der Waals surface area contributed by atoms with Crippen molar-refractivity contribution in [2.45, 2.75) is 13.5 Å². The number of halogens is 1. The van der Waals surface area contributed by atoms with E-state index in [1.807, 2.05) is 24.3 Å². The van der Waals surface area contributed by atoms with E-state index >= 15 is 0 Å². The van der Waals surface area contributed by atoms with Crippen LogP contribution in [-0.4, -0.2) is 65.5 Å². The number of piperazine rings is 1. The molecule has 1 aromatic heterocycles. The molecule has 2 aromatic carbocycles. The molecule has 4 rings (SSSR count). The van der Waals surface area contributed by atoms with Gasteiger partial charge >= 0.3 is 0 Å². The monoisotopic (exact) mass is 547 g/mol. The Morgan fingerprint density at radius 2 is 1.81 bits per heavy atom. The molecule has 1 N–H and O–H groups in total. The Hall–Kier alpha value is -2.82. The van der Waals surface area contributed by atoms with Crippen LogP contribution in [0.1, 0.15) is 12.5 Å². The molecule has 0 bridgehead atoms. The highest BCUT2D eigenvalue weighted by atomic mass is 127. The van der Waals surface area contributed by atoms with Crippen LogP contribution in [-0.2, 0) is 6.54 Å². The Morgan fingerprint density at radius 3 is 2.47 bits per heavy atom. The average Bonchev–Trinajstić information content (AvgIpc) is 3.37. The van der Waals surface area contributed by atoms with Gasteiger partial charge in [0.2, 0.25) is 0 Å². The topological polar surface area (TPSA) is 70.8 Å². The minimum absolute atomic E-state index is 0. The molecule has 1 aliphatic rings. The van der Waals surface area contributed by atoms with E-state index in [0.717, 1.165) is 61.4 Å². The van der Waals surface area contributed by atoms with Crippen LogP contribution in [0.2, 0.25) is 0 Å². The average molecular weight is 547 g/mol. The van der Waals surface area contributed by atoms with Crippen LogP contribution in [0.5, 0.6) is 5.75 Å². The summed E-state index contributed by atoms with van der Waals surface area (Å²) in [6, 6.07) is 16.5. The number of nitrogens with zero attached hydrogens (tertiary/aromatic N) is 6. The third-order valence-corrected chi connectivity index (χ3v) is 5.37. The second kappa shape index (κ2) is 11.7. The Labute approximate surface area is 206 Å². The van der Waals surface area contributed by atoms with Gasteiger partial charge in [-0.05, 0) is 36.8 Å². The summed E-state index contributed by atoms with van der Waals surface area (Å²) >= 11 is 0. The molecule has 0 radical (unpaired) electrons. The normalized spacial score (nSPS) is 14.1. The molecule has 0 saturated carbocycles. The van der Waals surface area contributed by atoms with Crippen LogP contribution in [0.25, 0.3) is 5.69 Å². The van der Waals surface area contributed by atoms with Gasteiger partial charge in [-0.25, -0.2) is 14.7 Å². The zero-order valence-corrected chi connectivity index (χ0v) is 20.8. The fourth-order valence-electron chi connectivity index (χ4n) is 3.74. The number of hydrogen-bond donors (Lipinski definition) is 1. The Morgan fingerprint density at radius 1 is 1.06 bits per heavy atom. The van der Waals surface area contributed by atoms with Gasteiger partial charge in [-0.2, -0.15) is 5.10 Å². The number of anilines is 1. The van der Waals surface area contributed by atoms with Crippen molar-refractivity contribution >= 4 is 35.6 Å². The largest absolute Gasteiger partial charge is 0.495 e. The van der Waals surface area contributed by atoms with Crippen LogP contribution in [0, 0.1) is 0 Å². The minimum atomic E-state index is 0. The maximum atomic E-state index is 5.53. The summed E-state index contributed by atoms with van der Waals surface area (Å²) in [4.78, 5) is 13.6. The molecule has 32 heavy (non-hydrogen) atoms. The molecular formula is C23H30IN7O. The molecule has 1 fully saturated rings. The number of hydrogen-bond acceptors (Lipinski definition) is 5. The van der Waals surface area contributed by atoms with Gasteiger partial charge in [0.15, 0.2) is 5.96 Å². The minimum Gasteiger partial charge on any atom is -0.495 e. The van der Waals surface area contributed by atoms with Gasteiger partial charge in [0.1, 0.15) is 18.4 Å². The van der Waals surface area contributed by atoms with Crippen LogP contribution in [0.15, 0.2) is 66.2 Å². The lowest BCUT2D eigenvalue weighted by Gasteiger charge is -2.38. The van der Waals surface area contributed by atoms with Gasteiger partial charge in [0.05, 0.1) is 25.0 Å². The fourth-order valence-corrected chi connectivity index (χ4v) is 3.74. The van der Waals surface area contributed by atoms with Crippen molar-refractivity contribution in [3.8, 4) is 11.4 Å². The summed E-state index contributed by atoms with van der Waals surface area (Å²) in [6.07, 6.45) is 3.23. The van der Waals surface area contributed by atoms with Gasteiger partial charge in [0.25, 0.3) is 0 Å². The lowest BCUT2D eigenvalue weighted by Crippen LogP contribution is -2.52. The first-order chi connectivity index (χ1) is 15.3. The molecule has 1 saturated heterocycles. The number of rotatable bonds is 6. The predicted molar refractivity (Wildman–Crippen MR) is 138 cm³/mol. The van der Waals surface area contributed by atoms with E-state index < -0.39 is 0 Å². The maximum Gasteiger partial charge on any atom is 0.194 e. The fraction of sp³-hybridized carbons (Fsp3) is 0.348. The predicted octanol–water partition coefficient (Wildman–Crippen LogP) is 3.18. The highest BCUT2D eigenvalue weighted by Gasteiger charge is 2.21. The molecule has 2 heterocycles. The van der Waals surface area contributed by atoms with Crippen molar-refractivity contribution in [2.75, 3.05) is 44.7 Å². The SMILES string of the molecule is CCNC(=NCc1ccc(-n2cncn2)cc1)N1CCN(c2ccccc2OC)CC1.I. The van der Waals surface area contributed by atoms with E-state index in [2.05, 4.69) is 56.4 Å². The molecule has 0 atom stereocenters. The van der Waals surface area contributed by atoms with Crippen molar-refractivity contribution in [1.82, 2.24) is 25.0 Å². The summed E-state index contributed by atoms with van der Waals surface area (Å²) in [5.74, 6) is 1.88. The number of aromatic nitrogens is 3. The van der Waals surface area contributed by atoms with Crippen molar-refractivity contribution in [3.63, 3.8) is 0 Å². The number of aliphatic imine (C=N–C) groups is 1. The van der Waals surface area contributed by atoms with Crippen LogP contribution in [0.4, 0.5) is 5.69 Å². The first kappa shape index (κ1) is 23.8. The van der Waals surface area contributed by atoms with Gasteiger partial charge in [-0.1, -0.05) is 24.3 Å². The smallest absolute Gasteiger partial charge is 0.194 e. The van der Waals surface area contributed by atoms with Crippen LogP contribution in [0.3, 0.4) is 0 Å². The van der Waals surface area contributed by atoms with E-state index in [0.29, 0.717) is 6.54 Å². The molecule has 8 nitrogen and oxygen atoms in total. The van der Waals surface area contributed by atoms with Gasteiger partial charge in [0, 0.05) is 32.7 Å². The third kappa shape index (κ3) is 5.70. The van der Waals surface area contributed by atoms with E-state index in [4.69, 9.17) is 9.73 Å². The summed E-state index contributed by atoms with van der Waals surface area (Å²) < 4.78 is 7.28. The summed E-state index contributed by atoms with van der Waals surface area (Å²) in [5, 5.41) is 7.61. The molecule has 0 amide bonds. The van der Waals surface area contributed by atoms with E-state index in [-0.39, 0.29) is 24.0 Å². The Bertz CT molecular complexity index is 984. The Kier molecular flexibility index (Phi) is 8.72. The molecule has 9 heteroatoms. The first-order valence-electron chi connectivity index (χ1n) is 10.6. The lowest BCUT2D eigenvalue weighted by molar-refractivity contribution is 0.367. The summed E-state index contributed by atoms with van der Waals surface area (Å²) in [7, 11) is 1.73. The van der Waals surface area contributed by atoms with Gasteiger partial charge in [-0.3, -0.25) is 0 Å². The lowest BCUT2D eigenvalue weighted by atomic mass is 10.2. The highest BCUT2D eigenvalue weighted by Crippen LogP contribution is 2.28. The molecule has 0 aliphatic carbocycles. The molecule has 170 valence electrons. The number of ether oxygens (including phenoxy) is 1. The third-order valence-electron chi connectivity index (χ3n) is 5.37. The van der Waals surface area contributed by atoms with Crippen LogP contribution >= 0.6 is 24.0 Å². The van der Waals surface area contributed by atoms with Crippen molar-refractivity contribution in [2.24, 2.45) is 4.99 Å². The standard InChI is InChI=1S/C23H29N7O.HI/c1-3-25-23(26-16-19-8-10-20(11-9-19)30-18-24-17-27-30)29-14-12-28(13-15-29)21-6-4-5-7-22(21)31-2;/h4-11,17-18H,3,12-16H2,1-2H3,(H,25,26);1H. The highest BCUT2D eigenvalue weighted by molar-refractivity contribution is 14.0. The molecular weight excluding hydrogens is 517 g/mol. The number of para-hydroxylation sites is 2. The van der Waals surface area contributed by atoms with E-state index in [1.54, 1.807) is 18.1 Å². The summed E-state index contributed by atoms with van der Waals surface area (Å²) in [6.45, 7) is 7.26.